The number of nitriles is 1. The number of pyridine rings is 1. The summed E-state index contributed by atoms with van der Waals surface area (Å²) < 4.78 is 0. The number of hydrogen-bond donors (Lipinski definition) is 1. The molecule has 0 aliphatic rings. The summed E-state index contributed by atoms with van der Waals surface area (Å²) in [7, 11) is 1.98. The van der Waals surface area contributed by atoms with Crippen LogP contribution in [0.25, 0.3) is 0 Å². The quantitative estimate of drug-likeness (QED) is 0.652. The van der Waals surface area contributed by atoms with Crippen LogP contribution in [0.15, 0.2) is 53.8 Å². The molecule has 1 N–H and O–H groups in total. The van der Waals surface area contributed by atoms with Crippen molar-refractivity contribution in [1.82, 2.24) is 4.98 Å². The number of anilines is 2. The fraction of sp³-hybridized carbons (Fsp3) is 0.188. The lowest BCUT2D eigenvalue weighted by Crippen LogP contribution is -2.17. The summed E-state index contributed by atoms with van der Waals surface area (Å²) in [4.78, 5) is 6.17. The third-order valence-electron chi connectivity index (χ3n) is 2.95. The van der Waals surface area contributed by atoms with Crippen LogP contribution in [0.2, 0.25) is 0 Å². The molecular formula is C16H17N5. The fourth-order valence-electron chi connectivity index (χ4n) is 1.76. The minimum Gasteiger partial charge on any atom is -0.374 e. The Labute approximate surface area is 124 Å². The van der Waals surface area contributed by atoms with E-state index < -0.39 is 0 Å². The zero-order chi connectivity index (χ0) is 14.9. The summed E-state index contributed by atoms with van der Waals surface area (Å²) in [6.45, 7) is 0.727. The second kappa shape index (κ2) is 7.65. The molecule has 5 nitrogen and oxygen atoms in total. The van der Waals surface area contributed by atoms with Gasteiger partial charge in [0.1, 0.15) is 5.82 Å². The van der Waals surface area contributed by atoms with E-state index >= 15 is 0 Å². The van der Waals surface area contributed by atoms with E-state index in [9.17, 15) is 0 Å². The van der Waals surface area contributed by atoms with Crippen molar-refractivity contribution < 1.29 is 0 Å². The minimum atomic E-state index is 0.522. The summed E-state index contributed by atoms with van der Waals surface area (Å²) in [5.41, 5.74) is 4.95. The first-order valence-electron chi connectivity index (χ1n) is 6.68. The van der Waals surface area contributed by atoms with Gasteiger partial charge in [0.05, 0.1) is 18.7 Å². The van der Waals surface area contributed by atoms with Crippen molar-refractivity contribution in [3.63, 3.8) is 0 Å². The lowest BCUT2D eigenvalue weighted by molar-refractivity contribution is 0.905. The maximum Gasteiger partial charge on any atom is 0.146 e. The Morgan fingerprint density at radius 2 is 2.10 bits per heavy atom. The Bertz CT molecular complexity index is 613. The Morgan fingerprint density at radius 3 is 2.76 bits per heavy atom. The van der Waals surface area contributed by atoms with Crippen LogP contribution >= 0.6 is 0 Å². The van der Waals surface area contributed by atoms with Crippen molar-refractivity contribution in [3.8, 4) is 6.07 Å². The van der Waals surface area contributed by atoms with Crippen LogP contribution < -0.4 is 10.3 Å². The number of rotatable bonds is 6. The molecule has 0 spiro atoms. The van der Waals surface area contributed by atoms with Gasteiger partial charge in [0.15, 0.2) is 0 Å². The molecule has 0 fully saturated rings. The third-order valence-corrected chi connectivity index (χ3v) is 2.95. The number of benzene rings is 1. The second-order valence-electron chi connectivity index (χ2n) is 4.51. The Hall–Kier alpha value is -2.87. The molecule has 1 aromatic carbocycles. The zero-order valence-corrected chi connectivity index (χ0v) is 11.9. The van der Waals surface area contributed by atoms with E-state index in [0.717, 1.165) is 17.8 Å². The van der Waals surface area contributed by atoms with Crippen LogP contribution in [-0.4, -0.2) is 24.8 Å². The molecule has 0 bridgehead atoms. The van der Waals surface area contributed by atoms with Crippen LogP contribution in [0.4, 0.5) is 11.5 Å². The second-order valence-corrected chi connectivity index (χ2v) is 4.51. The summed E-state index contributed by atoms with van der Waals surface area (Å²) in [5, 5.41) is 12.7. The highest BCUT2D eigenvalue weighted by Gasteiger charge is 1.99. The lowest BCUT2D eigenvalue weighted by Gasteiger charge is -2.17. The molecule has 0 radical (unpaired) electrons. The predicted octanol–water partition coefficient (Wildman–Crippen LogP) is 2.88. The molecule has 0 amide bonds. The molecule has 2 rings (SSSR count). The van der Waals surface area contributed by atoms with Crippen LogP contribution in [0.3, 0.4) is 0 Å². The number of hydrazone groups is 1. The van der Waals surface area contributed by atoms with Crippen LogP contribution in [-0.2, 0) is 0 Å². The molecule has 5 heteroatoms. The van der Waals surface area contributed by atoms with Gasteiger partial charge in [-0.1, -0.05) is 18.2 Å². The molecule has 21 heavy (non-hydrogen) atoms. The molecule has 0 saturated carbocycles. The number of nitrogens with zero attached hydrogens (tertiary/aromatic N) is 4. The van der Waals surface area contributed by atoms with Gasteiger partial charge in [-0.3, -0.25) is 5.43 Å². The van der Waals surface area contributed by atoms with E-state index in [1.165, 1.54) is 0 Å². The van der Waals surface area contributed by atoms with Gasteiger partial charge in [-0.15, -0.1) is 0 Å². The van der Waals surface area contributed by atoms with Crippen LogP contribution in [0.1, 0.15) is 12.0 Å². The minimum absolute atomic E-state index is 0.522. The molecule has 1 aromatic heterocycles. The molecule has 0 aliphatic carbocycles. The molecule has 0 atom stereocenters. The van der Waals surface area contributed by atoms with Gasteiger partial charge >= 0.3 is 0 Å². The van der Waals surface area contributed by atoms with Gasteiger partial charge in [0, 0.05) is 25.5 Å². The molecule has 0 aliphatic heterocycles. The molecule has 0 unspecified atom stereocenters. The lowest BCUT2D eigenvalue weighted by atomic mass is 10.2. The Morgan fingerprint density at radius 1 is 1.29 bits per heavy atom. The maximum absolute atomic E-state index is 8.59. The molecule has 1 heterocycles. The number of aromatic nitrogens is 1. The molecular weight excluding hydrogens is 262 g/mol. The first-order chi connectivity index (χ1) is 10.3. The topological polar surface area (TPSA) is 64.3 Å². The highest BCUT2D eigenvalue weighted by Crippen LogP contribution is 2.13. The van der Waals surface area contributed by atoms with Crippen molar-refractivity contribution in [2.24, 2.45) is 5.10 Å². The summed E-state index contributed by atoms with van der Waals surface area (Å²) in [6, 6.07) is 15.8. The van der Waals surface area contributed by atoms with E-state index in [4.69, 9.17) is 5.26 Å². The van der Waals surface area contributed by atoms with Gasteiger partial charge in [-0.2, -0.15) is 10.4 Å². The SMILES string of the molecule is CN(CCC#N)c1ccc(/C=N\Nc2ccccn2)cc1. The summed E-state index contributed by atoms with van der Waals surface area (Å²) >= 11 is 0. The average molecular weight is 279 g/mol. The van der Waals surface area contributed by atoms with Gasteiger partial charge in [0.25, 0.3) is 0 Å². The van der Waals surface area contributed by atoms with Crippen LogP contribution in [0.5, 0.6) is 0 Å². The molecule has 0 saturated heterocycles. The van der Waals surface area contributed by atoms with E-state index in [0.29, 0.717) is 12.2 Å². The highest BCUT2D eigenvalue weighted by molar-refractivity contribution is 5.80. The van der Waals surface area contributed by atoms with Crippen molar-refractivity contribution in [2.45, 2.75) is 6.42 Å². The highest BCUT2D eigenvalue weighted by atomic mass is 15.3. The van der Waals surface area contributed by atoms with E-state index in [1.807, 2.05) is 49.5 Å². The van der Waals surface area contributed by atoms with Crippen LogP contribution in [0, 0.1) is 11.3 Å². The molecule has 106 valence electrons. The smallest absolute Gasteiger partial charge is 0.146 e. The van der Waals surface area contributed by atoms with E-state index in [2.05, 4.69) is 26.5 Å². The summed E-state index contributed by atoms with van der Waals surface area (Å²) in [6.07, 6.45) is 3.98. The molecule has 2 aromatic rings. The third kappa shape index (κ3) is 4.62. The number of hydrogen-bond acceptors (Lipinski definition) is 5. The normalized spacial score (nSPS) is 10.3. The van der Waals surface area contributed by atoms with Crippen molar-refractivity contribution >= 4 is 17.7 Å². The van der Waals surface area contributed by atoms with Crippen molar-refractivity contribution in [3.05, 3.63) is 54.2 Å². The average Bonchev–Trinajstić information content (AvgIpc) is 2.54. The monoisotopic (exact) mass is 279 g/mol. The standard InChI is InChI=1S/C16H17N5/c1-21(12-4-10-17)15-8-6-14(7-9-15)13-19-20-16-5-2-3-11-18-16/h2-3,5-9,11,13H,4,12H2,1H3,(H,18,20)/b19-13-. The predicted molar refractivity (Wildman–Crippen MR) is 85.4 cm³/mol. The van der Waals surface area contributed by atoms with E-state index in [1.54, 1.807) is 12.4 Å². The summed E-state index contributed by atoms with van der Waals surface area (Å²) in [5.74, 6) is 0.710. The fourth-order valence-corrected chi connectivity index (χ4v) is 1.76. The first-order valence-corrected chi connectivity index (χ1v) is 6.68. The van der Waals surface area contributed by atoms with Gasteiger partial charge in [-0.05, 0) is 29.8 Å². The van der Waals surface area contributed by atoms with Gasteiger partial charge in [0.2, 0.25) is 0 Å². The number of nitrogens with one attached hydrogen (secondary N) is 1. The Kier molecular flexibility index (Phi) is 5.30. The largest absolute Gasteiger partial charge is 0.374 e. The van der Waals surface area contributed by atoms with E-state index in [-0.39, 0.29) is 0 Å². The van der Waals surface area contributed by atoms with Crippen molar-refractivity contribution in [1.29, 1.82) is 5.26 Å². The first kappa shape index (κ1) is 14.5. The zero-order valence-electron chi connectivity index (χ0n) is 11.9. The van der Waals surface area contributed by atoms with Gasteiger partial charge < -0.3 is 4.90 Å². The maximum atomic E-state index is 8.59. The Balaban J connectivity index is 1.92. The van der Waals surface area contributed by atoms with Crippen molar-refractivity contribution in [2.75, 3.05) is 23.9 Å². The van der Waals surface area contributed by atoms with Gasteiger partial charge in [-0.25, -0.2) is 4.98 Å².